The Kier molecular flexibility index (Phi) is 7.22. The van der Waals surface area contributed by atoms with Crippen molar-refractivity contribution < 1.29 is 32.6 Å². The van der Waals surface area contributed by atoms with E-state index in [1.807, 2.05) is 4.72 Å². The molecule has 4 N–H and O–H groups in total. The number of hydrogen-bond donors (Lipinski definition) is 4. The van der Waals surface area contributed by atoms with Gasteiger partial charge in [-0.3, -0.25) is 9.59 Å². The first-order valence-corrected chi connectivity index (χ1v) is 9.67. The van der Waals surface area contributed by atoms with E-state index in [0.29, 0.717) is 5.69 Å². The maximum Gasteiger partial charge on any atom is 0.414 e. The molecule has 1 heterocycles. The van der Waals surface area contributed by atoms with E-state index in [2.05, 4.69) is 15.6 Å². The van der Waals surface area contributed by atoms with Crippen molar-refractivity contribution in [1.29, 1.82) is 0 Å². The molecule has 0 bridgehead atoms. The predicted octanol–water partition coefficient (Wildman–Crippen LogP) is 0.239. The lowest BCUT2D eigenvalue weighted by Gasteiger charge is -2.09. The van der Waals surface area contributed by atoms with E-state index in [1.165, 1.54) is 43.3 Å². The van der Waals surface area contributed by atoms with Crippen LogP contribution in [0.4, 0.5) is 10.5 Å². The molecule has 2 aromatic rings. The Labute approximate surface area is 166 Å². The van der Waals surface area contributed by atoms with E-state index >= 15 is 0 Å². The van der Waals surface area contributed by atoms with Crippen molar-refractivity contribution in [3.05, 3.63) is 48.2 Å². The highest BCUT2D eigenvalue weighted by Gasteiger charge is 2.19. The van der Waals surface area contributed by atoms with E-state index in [-0.39, 0.29) is 35.4 Å². The fourth-order valence-corrected chi connectivity index (χ4v) is 3.00. The summed E-state index contributed by atoms with van der Waals surface area (Å²) in [4.78, 5) is 38.1. The highest BCUT2D eigenvalue weighted by Crippen LogP contribution is 2.15. The summed E-state index contributed by atoms with van der Waals surface area (Å²) in [6.45, 7) is 1.06. The van der Waals surface area contributed by atoms with Crippen molar-refractivity contribution in [2.45, 2.75) is 11.8 Å². The normalized spacial score (nSPS) is 10.7. The highest BCUT2D eigenvalue weighted by atomic mass is 32.2. The number of nitrogens with zero attached hydrogens (tertiary/aromatic N) is 1. The van der Waals surface area contributed by atoms with Crippen molar-refractivity contribution in [3.63, 3.8) is 0 Å². The van der Waals surface area contributed by atoms with Gasteiger partial charge in [-0.1, -0.05) is 0 Å². The van der Waals surface area contributed by atoms with Gasteiger partial charge in [-0.25, -0.2) is 22.9 Å². The van der Waals surface area contributed by atoms with Crippen LogP contribution >= 0.6 is 0 Å². The van der Waals surface area contributed by atoms with Crippen molar-refractivity contribution in [3.8, 4) is 5.88 Å². The topological polar surface area (TPSA) is 164 Å². The molecule has 0 unspecified atom stereocenters. The number of rotatable bonds is 7. The van der Waals surface area contributed by atoms with Crippen molar-refractivity contribution >= 4 is 33.6 Å². The third-order valence-corrected chi connectivity index (χ3v) is 4.64. The third kappa shape index (κ3) is 6.55. The van der Waals surface area contributed by atoms with Gasteiger partial charge in [0.2, 0.25) is 11.8 Å². The molecule has 0 atom stereocenters. The second kappa shape index (κ2) is 9.61. The van der Waals surface area contributed by atoms with Crippen LogP contribution in [0, 0.1) is 0 Å². The van der Waals surface area contributed by atoms with Crippen LogP contribution < -0.4 is 20.1 Å². The predicted molar refractivity (Wildman–Crippen MR) is 101 cm³/mol. The van der Waals surface area contributed by atoms with E-state index in [4.69, 9.17) is 9.84 Å². The van der Waals surface area contributed by atoms with Crippen molar-refractivity contribution in [2.75, 3.05) is 18.5 Å². The number of sulfonamides is 1. The number of amides is 3. The van der Waals surface area contributed by atoms with Crippen LogP contribution in [-0.2, 0) is 14.8 Å². The number of pyridine rings is 1. The Morgan fingerprint density at radius 1 is 1.10 bits per heavy atom. The molecule has 0 aliphatic heterocycles. The minimum atomic E-state index is -4.15. The number of carbonyl (C=O) groups excluding carboxylic acids is 3. The largest absolute Gasteiger partial charge is 0.414 e. The van der Waals surface area contributed by atoms with Gasteiger partial charge in [0.15, 0.2) is 0 Å². The van der Waals surface area contributed by atoms with Crippen LogP contribution in [0.5, 0.6) is 5.88 Å². The molecule has 0 fully saturated rings. The second-order valence-corrected chi connectivity index (χ2v) is 7.25. The Bertz CT molecular complexity index is 989. The minimum Gasteiger partial charge on any atom is -0.395 e. The van der Waals surface area contributed by atoms with E-state index < -0.39 is 22.0 Å². The molecule has 1 aromatic carbocycles. The molecule has 0 saturated heterocycles. The molecule has 1 aromatic heterocycles. The Balaban J connectivity index is 2.03. The van der Waals surface area contributed by atoms with Gasteiger partial charge >= 0.3 is 6.09 Å². The fourth-order valence-electron chi connectivity index (χ4n) is 2.02. The first kappa shape index (κ1) is 21.8. The molecule has 0 aliphatic carbocycles. The molecule has 3 amide bonds. The zero-order chi connectivity index (χ0) is 21.4. The standard InChI is InChI=1S/C17H18N4O7S/c1-11(23)20-13-3-5-14(6-4-13)29(26,27)21-16(24)12-2-7-15(19-10-12)28-17(25)18-8-9-22/h2-7,10,22H,8-9H2,1H3,(H,18,25)(H,20,23)(H,21,24). The summed E-state index contributed by atoms with van der Waals surface area (Å²) in [6.07, 6.45) is 0.202. The third-order valence-electron chi connectivity index (χ3n) is 3.29. The molecular formula is C17H18N4O7S. The number of aliphatic hydroxyl groups excluding tert-OH is 1. The van der Waals surface area contributed by atoms with Crippen LogP contribution in [0.2, 0.25) is 0 Å². The number of benzene rings is 1. The maximum absolute atomic E-state index is 12.3. The summed E-state index contributed by atoms with van der Waals surface area (Å²) >= 11 is 0. The molecule has 154 valence electrons. The molecule has 0 spiro atoms. The van der Waals surface area contributed by atoms with Crippen molar-refractivity contribution in [2.24, 2.45) is 0 Å². The molecule has 29 heavy (non-hydrogen) atoms. The summed E-state index contributed by atoms with van der Waals surface area (Å²) in [5.41, 5.74) is 0.331. The quantitative estimate of drug-likeness (QED) is 0.493. The van der Waals surface area contributed by atoms with Gasteiger partial charge in [-0.2, -0.15) is 0 Å². The Morgan fingerprint density at radius 3 is 2.34 bits per heavy atom. The molecular weight excluding hydrogens is 404 g/mol. The molecule has 0 aliphatic rings. The monoisotopic (exact) mass is 422 g/mol. The van der Waals surface area contributed by atoms with Gasteiger partial charge in [0.25, 0.3) is 15.9 Å². The van der Waals surface area contributed by atoms with Crippen LogP contribution in [0.3, 0.4) is 0 Å². The van der Waals surface area contributed by atoms with Gasteiger partial charge < -0.3 is 20.5 Å². The lowest BCUT2D eigenvalue weighted by Crippen LogP contribution is -2.31. The Morgan fingerprint density at radius 2 is 1.79 bits per heavy atom. The zero-order valence-electron chi connectivity index (χ0n) is 15.2. The zero-order valence-corrected chi connectivity index (χ0v) is 16.0. The number of anilines is 1. The first-order valence-electron chi connectivity index (χ1n) is 8.18. The van der Waals surface area contributed by atoms with Crippen LogP contribution in [-0.4, -0.2) is 49.6 Å². The molecule has 11 nitrogen and oxygen atoms in total. The molecule has 2 rings (SSSR count). The van der Waals surface area contributed by atoms with Gasteiger partial charge in [-0.15, -0.1) is 0 Å². The van der Waals surface area contributed by atoms with Gasteiger partial charge in [0.1, 0.15) is 0 Å². The van der Waals surface area contributed by atoms with Crippen molar-refractivity contribution in [1.82, 2.24) is 15.0 Å². The average Bonchev–Trinajstić information content (AvgIpc) is 2.66. The fraction of sp³-hybridized carbons (Fsp3) is 0.176. The lowest BCUT2D eigenvalue weighted by molar-refractivity contribution is -0.114. The number of ether oxygens (including phenoxy) is 1. The molecule has 0 saturated carbocycles. The number of nitrogens with one attached hydrogen (secondary N) is 3. The highest BCUT2D eigenvalue weighted by molar-refractivity contribution is 7.90. The van der Waals surface area contributed by atoms with Gasteiger partial charge in [-0.05, 0) is 30.3 Å². The smallest absolute Gasteiger partial charge is 0.395 e. The average molecular weight is 422 g/mol. The van der Waals surface area contributed by atoms with E-state index in [9.17, 15) is 22.8 Å². The number of aromatic nitrogens is 1. The number of carbonyl (C=O) groups is 3. The van der Waals surface area contributed by atoms with Crippen LogP contribution in [0.15, 0.2) is 47.5 Å². The van der Waals surface area contributed by atoms with Crippen LogP contribution in [0.1, 0.15) is 17.3 Å². The Hall–Kier alpha value is -3.51. The lowest BCUT2D eigenvalue weighted by atomic mass is 10.3. The SMILES string of the molecule is CC(=O)Nc1ccc(S(=O)(=O)NC(=O)c2ccc(OC(=O)NCCO)nc2)cc1. The van der Waals surface area contributed by atoms with E-state index in [1.54, 1.807) is 0 Å². The minimum absolute atomic E-state index is 0.00295. The summed E-state index contributed by atoms with van der Waals surface area (Å²) in [5.74, 6) is -1.35. The summed E-state index contributed by atoms with van der Waals surface area (Å²) in [5, 5.41) is 13.4. The maximum atomic E-state index is 12.3. The molecule has 0 radical (unpaired) electrons. The van der Waals surface area contributed by atoms with Gasteiger partial charge in [0, 0.05) is 31.4 Å². The number of aliphatic hydroxyl groups is 1. The van der Waals surface area contributed by atoms with Crippen LogP contribution in [0.25, 0.3) is 0 Å². The van der Waals surface area contributed by atoms with Gasteiger partial charge in [0.05, 0.1) is 17.1 Å². The summed E-state index contributed by atoms with van der Waals surface area (Å²) in [7, 11) is -4.15. The second-order valence-electron chi connectivity index (χ2n) is 5.57. The summed E-state index contributed by atoms with van der Waals surface area (Å²) < 4.78 is 31.4. The molecule has 12 heteroatoms. The summed E-state index contributed by atoms with van der Waals surface area (Å²) in [6, 6.07) is 7.68. The number of hydrogen-bond acceptors (Lipinski definition) is 8. The van der Waals surface area contributed by atoms with E-state index in [0.717, 1.165) is 6.20 Å². The first-order chi connectivity index (χ1) is 13.7.